The van der Waals surface area contributed by atoms with Gasteiger partial charge in [0.2, 0.25) is 0 Å². The lowest BCUT2D eigenvalue weighted by molar-refractivity contribution is 0.00578. The molecule has 1 saturated heterocycles. The molecule has 3 nitrogen and oxygen atoms in total. The standard InChI is InChI=1S/C27H29BClO3P/c1-20(28-31-26(2,3)27(4,5)32-28)25(23-18-12-13-19-24(23)29)33(30,21-14-8-6-9-15-21)22-16-10-7-11-17-22/h6-19,25H,1H2,2-5H3. The van der Waals surface area contributed by atoms with Crippen molar-refractivity contribution in [1.82, 2.24) is 0 Å². The molecule has 0 radical (unpaired) electrons. The average molecular weight is 479 g/mol. The summed E-state index contributed by atoms with van der Waals surface area (Å²) >= 11 is 6.72. The SMILES string of the molecule is C=C(B1OC(C)(C)C(C)(C)O1)C(c1ccccc1Cl)P(=O)(c1ccccc1)c1ccccc1. The molecule has 1 aliphatic heterocycles. The fourth-order valence-electron chi connectivity index (χ4n) is 4.20. The average Bonchev–Trinajstić information content (AvgIpc) is 3.03. The molecule has 170 valence electrons. The van der Waals surface area contributed by atoms with Crippen molar-refractivity contribution in [2.75, 3.05) is 0 Å². The molecular weight excluding hydrogens is 450 g/mol. The Morgan fingerprint density at radius 1 is 0.818 bits per heavy atom. The molecule has 0 aromatic heterocycles. The highest BCUT2D eigenvalue weighted by molar-refractivity contribution is 7.79. The van der Waals surface area contributed by atoms with Crippen LogP contribution in [0, 0.1) is 0 Å². The normalized spacial score (nSPS) is 18.2. The number of hydrogen-bond acceptors (Lipinski definition) is 3. The first kappa shape index (κ1) is 24.0. The highest BCUT2D eigenvalue weighted by Crippen LogP contribution is 2.62. The van der Waals surface area contributed by atoms with E-state index in [0.717, 1.165) is 16.2 Å². The highest BCUT2D eigenvalue weighted by Gasteiger charge is 2.55. The maximum absolute atomic E-state index is 15.4. The molecule has 1 aliphatic rings. The lowest BCUT2D eigenvalue weighted by atomic mass is 9.75. The van der Waals surface area contributed by atoms with Gasteiger partial charge in [0, 0.05) is 15.6 Å². The quantitative estimate of drug-likeness (QED) is 0.296. The first-order valence-corrected chi connectivity index (χ1v) is 13.2. The van der Waals surface area contributed by atoms with Crippen LogP contribution < -0.4 is 10.6 Å². The fourth-order valence-corrected chi connectivity index (χ4v) is 7.85. The van der Waals surface area contributed by atoms with Gasteiger partial charge in [-0.3, -0.25) is 0 Å². The Balaban J connectivity index is 1.95. The minimum Gasteiger partial charge on any atom is -0.400 e. The Morgan fingerprint density at radius 3 is 1.70 bits per heavy atom. The molecule has 0 N–H and O–H groups in total. The van der Waals surface area contributed by atoms with Gasteiger partial charge < -0.3 is 13.9 Å². The van der Waals surface area contributed by atoms with E-state index in [1.807, 2.05) is 113 Å². The third-order valence-electron chi connectivity index (χ3n) is 6.75. The summed E-state index contributed by atoms with van der Waals surface area (Å²) in [5, 5.41) is 2.00. The summed E-state index contributed by atoms with van der Waals surface area (Å²) in [6.07, 6.45) is 0. The van der Waals surface area contributed by atoms with Crippen molar-refractivity contribution in [2.45, 2.75) is 44.6 Å². The number of hydrogen-bond donors (Lipinski definition) is 0. The second kappa shape index (κ2) is 8.93. The highest BCUT2D eigenvalue weighted by atomic mass is 35.5. The van der Waals surface area contributed by atoms with Gasteiger partial charge in [0.25, 0.3) is 0 Å². The van der Waals surface area contributed by atoms with Crippen molar-refractivity contribution in [2.24, 2.45) is 0 Å². The number of halogens is 1. The van der Waals surface area contributed by atoms with E-state index in [4.69, 9.17) is 20.9 Å². The van der Waals surface area contributed by atoms with Crippen LogP contribution in [-0.2, 0) is 13.9 Å². The molecule has 3 aromatic carbocycles. The largest absolute Gasteiger partial charge is 0.491 e. The van der Waals surface area contributed by atoms with Crippen LogP contribution in [0.25, 0.3) is 0 Å². The van der Waals surface area contributed by atoms with Gasteiger partial charge in [0.1, 0.15) is 0 Å². The first-order chi connectivity index (χ1) is 15.6. The summed E-state index contributed by atoms with van der Waals surface area (Å²) in [6.45, 7) is 12.4. The Bertz CT molecular complexity index is 1130. The second-order valence-electron chi connectivity index (χ2n) is 9.42. The van der Waals surface area contributed by atoms with Gasteiger partial charge in [-0.05, 0) is 44.8 Å². The summed E-state index contributed by atoms with van der Waals surface area (Å²) in [5.41, 5.74) is -0.386. The molecule has 1 unspecified atom stereocenters. The monoisotopic (exact) mass is 478 g/mol. The number of benzene rings is 3. The molecule has 0 saturated carbocycles. The van der Waals surface area contributed by atoms with E-state index in [2.05, 4.69) is 6.58 Å². The van der Waals surface area contributed by atoms with Gasteiger partial charge in [0.15, 0.2) is 7.14 Å². The van der Waals surface area contributed by atoms with Crippen molar-refractivity contribution < 1.29 is 13.9 Å². The van der Waals surface area contributed by atoms with Gasteiger partial charge >= 0.3 is 7.12 Å². The molecule has 0 amide bonds. The predicted octanol–water partition coefficient (Wildman–Crippen LogP) is 6.58. The van der Waals surface area contributed by atoms with Crippen LogP contribution in [-0.4, -0.2) is 18.3 Å². The maximum atomic E-state index is 15.4. The number of allylic oxidation sites excluding steroid dienone is 1. The predicted molar refractivity (Wildman–Crippen MR) is 139 cm³/mol. The summed E-state index contributed by atoms with van der Waals surface area (Å²) in [4.78, 5) is 0. The second-order valence-corrected chi connectivity index (χ2v) is 12.7. The molecule has 6 heteroatoms. The summed E-state index contributed by atoms with van der Waals surface area (Å²) in [6, 6.07) is 26.6. The smallest absolute Gasteiger partial charge is 0.400 e. The van der Waals surface area contributed by atoms with Crippen molar-refractivity contribution in [3.05, 3.63) is 108 Å². The van der Waals surface area contributed by atoms with E-state index in [-0.39, 0.29) is 0 Å². The van der Waals surface area contributed by atoms with E-state index >= 15 is 4.57 Å². The van der Waals surface area contributed by atoms with Crippen molar-refractivity contribution in [3.63, 3.8) is 0 Å². The molecule has 33 heavy (non-hydrogen) atoms. The molecule has 1 atom stereocenters. The van der Waals surface area contributed by atoms with Gasteiger partial charge in [-0.1, -0.05) is 90.5 Å². The Hall–Kier alpha value is -2.10. The molecule has 0 spiro atoms. The van der Waals surface area contributed by atoms with E-state index in [1.54, 1.807) is 0 Å². The minimum atomic E-state index is -3.32. The van der Waals surface area contributed by atoms with Crippen molar-refractivity contribution >= 4 is 36.5 Å². The zero-order chi connectivity index (χ0) is 23.9. The van der Waals surface area contributed by atoms with E-state index in [9.17, 15) is 0 Å². The van der Waals surface area contributed by atoms with Crippen LogP contribution in [0.5, 0.6) is 0 Å². The lowest BCUT2D eigenvalue weighted by Crippen LogP contribution is -2.41. The van der Waals surface area contributed by atoms with Crippen LogP contribution in [0.15, 0.2) is 97.0 Å². The van der Waals surface area contributed by atoms with Crippen LogP contribution in [0.2, 0.25) is 5.02 Å². The molecule has 3 aromatic rings. The Kier molecular flexibility index (Phi) is 6.50. The first-order valence-electron chi connectivity index (χ1n) is 11.1. The molecule has 1 heterocycles. The van der Waals surface area contributed by atoms with Gasteiger partial charge in [-0.2, -0.15) is 0 Å². The van der Waals surface area contributed by atoms with Gasteiger partial charge in [-0.25, -0.2) is 0 Å². The summed E-state index contributed by atoms with van der Waals surface area (Å²) in [5.74, 6) is 0. The molecule has 0 aliphatic carbocycles. The Morgan fingerprint density at radius 2 is 1.24 bits per heavy atom. The van der Waals surface area contributed by atoms with Gasteiger partial charge in [0.05, 0.1) is 16.9 Å². The van der Waals surface area contributed by atoms with E-state index in [1.165, 1.54) is 0 Å². The van der Waals surface area contributed by atoms with Crippen LogP contribution in [0.1, 0.15) is 38.9 Å². The van der Waals surface area contributed by atoms with Crippen LogP contribution >= 0.6 is 18.7 Å². The number of rotatable bonds is 6. The molecular formula is C27H29BClO3P. The Labute approximate surface area is 202 Å². The van der Waals surface area contributed by atoms with Crippen LogP contribution in [0.3, 0.4) is 0 Å². The zero-order valence-electron chi connectivity index (χ0n) is 19.5. The molecule has 4 rings (SSSR count). The third kappa shape index (κ3) is 4.26. The zero-order valence-corrected chi connectivity index (χ0v) is 21.1. The topological polar surface area (TPSA) is 35.5 Å². The maximum Gasteiger partial charge on any atom is 0.491 e. The summed E-state index contributed by atoms with van der Waals surface area (Å²) in [7, 11) is -4.04. The molecule has 1 fully saturated rings. The van der Waals surface area contributed by atoms with Crippen LogP contribution in [0.4, 0.5) is 0 Å². The lowest BCUT2D eigenvalue weighted by Gasteiger charge is -2.32. The van der Waals surface area contributed by atoms with Gasteiger partial charge in [-0.15, -0.1) is 6.58 Å². The summed E-state index contributed by atoms with van der Waals surface area (Å²) < 4.78 is 28.1. The molecule has 0 bridgehead atoms. The minimum absolute atomic E-state index is 0.534. The van der Waals surface area contributed by atoms with E-state index < -0.39 is 31.1 Å². The van der Waals surface area contributed by atoms with Crippen molar-refractivity contribution in [1.29, 1.82) is 0 Å². The van der Waals surface area contributed by atoms with Crippen molar-refractivity contribution in [3.8, 4) is 0 Å². The van der Waals surface area contributed by atoms with E-state index in [0.29, 0.717) is 10.5 Å². The third-order valence-corrected chi connectivity index (χ3v) is 10.6. The fraction of sp³-hybridized carbons (Fsp3) is 0.259.